The maximum absolute atomic E-state index is 12.6. The largest absolute Gasteiger partial charge is 0.508 e. The van der Waals surface area contributed by atoms with Crippen LogP contribution in [-0.4, -0.2) is 108 Å². The highest BCUT2D eigenvalue weighted by Gasteiger charge is 2.27. The average molecular weight is 1130 g/mol. The molecule has 12 N–H and O–H groups in total. The Balaban J connectivity index is 1.49. The lowest BCUT2D eigenvalue weighted by molar-refractivity contribution is 0.451. The number of phenols is 6. The molecule has 0 heterocycles. The maximum Gasteiger partial charge on any atom is 0.294 e. The van der Waals surface area contributed by atoms with Gasteiger partial charge in [0.25, 0.3) is 60.7 Å². The van der Waals surface area contributed by atoms with Gasteiger partial charge < -0.3 is 30.6 Å². The van der Waals surface area contributed by atoms with Crippen molar-refractivity contribution in [2.45, 2.75) is 74.8 Å². The molecule has 6 aromatic rings. The van der Waals surface area contributed by atoms with Crippen molar-refractivity contribution in [1.29, 1.82) is 0 Å². The fraction of sp³-hybridized carbons (Fsp3) is 0.163. The van der Waals surface area contributed by atoms with Gasteiger partial charge in [0.2, 0.25) is 0 Å². The zero-order valence-corrected chi connectivity index (χ0v) is 41.9. The Bertz CT molecular complexity index is 3980. The van der Waals surface area contributed by atoms with E-state index in [9.17, 15) is 108 Å². The van der Waals surface area contributed by atoms with Crippen LogP contribution in [0.1, 0.15) is 68.1 Å². The Kier molecular flexibility index (Phi) is 15.1. The van der Waals surface area contributed by atoms with E-state index in [1.807, 2.05) is 0 Å². The molecule has 0 aliphatic heterocycles. The van der Waals surface area contributed by atoms with Crippen molar-refractivity contribution in [1.82, 2.24) is 0 Å². The van der Waals surface area contributed by atoms with Crippen molar-refractivity contribution < 1.29 is 108 Å². The topological polar surface area (TPSA) is 448 Å². The molecule has 0 unspecified atom stereocenters. The minimum Gasteiger partial charge on any atom is -0.508 e. The number of phenolic OH excluding ortho intramolecular Hbond substituents is 6. The Hall–Kier alpha value is -6.42. The Morgan fingerprint density at radius 1 is 0.274 bits per heavy atom. The molecule has 6 aromatic carbocycles. The molecule has 73 heavy (non-hydrogen) atoms. The lowest BCUT2D eigenvalue weighted by Gasteiger charge is -2.18. The van der Waals surface area contributed by atoms with Gasteiger partial charge in [0.05, 0.1) is 29.4 Å². The predicted molar refractivity (Wildman–Crippen MR) is 251 cm³/mol. The number of hydrogen-bond donors (Lipinski definition) is 12. The summed E-state index contributed by atoms with van der Waals surface area (Å²) in [5.74, 6) is -4.68. The van der Waals surface area contributed by atoms with Crippen molar-refractivity contribution in [3.8, 4) is 34.5 Å². The van der Waals surface area contributed by atoms with Crippen LogP contribution in [0.3, 0.4) is 0 Å². The highest BCUT2D eigenvalue weighted by molar-refractivity contribution is 7.87. The molecule has 392 valence electrons. The summed E-state index contributed by atoms with van der Waals surface area (Å²) in [6.07, 6.45) is -4.06. The summed E-state index contributed by atoms with van der Waals surface area (Å²) >= 11 is 0. The molecule has 30 heteroatoms. The quantitative estimate of drug-likeness (QED) is 0.0576. The van der Waals surface area contributed by atoms with E-state index >= 15 is 0 Å². The van der Waals surface area contributed by atoms with Crippen LogP contribution in [0.4, 0.5) is 0 Å². The highest BCUT2D eigenvalue weighted by Crippen LogP contribution is 2.41. The molecule has 0 saturated carbocycles. The first-order valence-electron chi connectivity index (χ1n) is 20.3. The molecule has 0 amide bonds. The summed E-state index contributed by atoms with van der Waals surface area (Å²) in [5.41, 5.74) is -4.74. The first-order chi connectivity index (χ1) is 33.4. The molecule has 0 fully saturated rings. The van der Waals surface area contributed by atoms with Gasteiger partial charge in [-0.3, -0.25) is 27.3 Å². The van der Waals surface area contributed by atoms with Gasteiger partial charge in [0, 0.05) is 82.2 Å². The van der Waals surface area contributed by atoms with Crippen molar-refractivity contribution in [3.63, 3.8) is 0 Å². The number of aryl methyl sites for hydroxylation is 1. The molecular weight excluding hydrogens is 1090 g/mol. The second-order valence-corrected chi connectivity index (χ2v) is 24.9. The van der Waals surface area contributed by atoms with Crippen molar-refractivity contribution in [2.24, 2.45) is 0 Å². The second kappa shape index (κ2) is 19.8. The molecular formula is C43H40O24S6. The average Bonchev–Trinajstić information content (AvgIpc) is 3.25. The zero-order chi connectivity index (χ0) is 54.7. The van der Waals surface area contributed by atoms with E-state index in [1.54, 1.807) is 0 Å². The Labute approximate surface area is 416 Å². The molecule has 0 saturated heterocycles. The number of rotatable bonds is 17. The molecule has 0 aliphatic carbocycles. The fourth-order valence-corrected chi connectivity index (χ4v) is 11.2. The lowest BCUT2D eigenvalue weighted by atomic mass is 9.92. The van der Waals surface area contributed by atoms with Crippen LogP contribution >= 0.6 is 0 Å². The minimum atomic E-state index is -5.28. The molecule has 0 aromatic heterocycles. The Morgan fingerprint density at radius 3 is 0.658 bits per heavy atom. The normalized spacial score (nSPS) is 12.8. The van der Waals surface area contributed by atoms with E-state index in [2.05, 4.69) is 0 Å². The first kappa shape index (κ1) is 55.9. The van der Waals surface area contributed by atoms with Crippen LogP contribution < -0.4 is 0 Å². The SMILES string of the molecule is CCc1cc(S(=O)(=O)O)cc(Cc2cc(S(=O)(=O)O)cc(Cc3cc(S(=O)(=O)O)cc(Cc4cc(S(=O)(=O)O)cc(Cc5cc(S(=O)(=O)O)cc(Cc6cc(S(=O)(=O)O)ccc6O)c5O)c4O)c3O)c2O)c1O. The van der Waals surface area contributed by atoms with Gasteiger partial charge in [-0.15, -0.1) is 0 Å². The molecule has 0 spiro atoms. The smallest absolute Gasteiger partial charge is 0.294 e. The van der Waals surface area contributed by atoms with Gasteiger partial charge in [-0.1, -0.05) is 6.92 Å². The maximum atomic E-state index is 12.6. The van der Waals surface area contributed by atoms with E-state index < -0.39 is 201 Å². The van der Waals surface area contributed by atoms with Gasteiger partial charge in [-0.25, -0.2) is 0 Å². The molecule has 0 bridgehead atoms. The van der Waals surface area contributed by atoms with Crippen LogP contribution in [0.2, 0.25) is 0 Å². The molecule has 24 nitrogen and oxygen atoms in total. The van der Waals surface area contributed by atoms with Crippen molar-refractivity contribution in [3.05, 3.63) is 140 Å². The van der Waals surface area contributed by atoms with Crippen molar-refractivity contribution >= 4 is 60.7 Å². The summed E-state index contributed by atoms with van der Waals surface area (Å²) in [4.78, 5) is -5.28. The lowest BCUT2D eigenvalue weighted by Crippen LogP contribution is -2.07. The molecule has 6 rings (SSSR count). The third-order valence-corrected chi connectivity index (χ3v) is 16.3. The minimum absolute atomic E-state index is 0.00364. The van der Waals surface area contributed by atoms with Gasteiger partial charge in [0.1, 0.15) is 34.5 Å². The molecule has 0 aliphatic rings. The van der Waals surface area contributed by atoms with Crippen LogP contribution in [0.15, 0.2) is 108 Å². The molecule has 0 atom stereocenters. The second-order valence-electron chi connectivity index (χ2n) is 16.3. The standard InChI is InChI=1S/C43H40O24S6/c1-2-21-10-33(69(53,54)55)13-24(39(21)45)6-25-14-35(71(59,60)61)17-28(41(25)47)8-29-18-37(73(65,66)67)20-31(43(29)49)9-30-19-36(72(62,63)64)16-27(42(30)48)7-26-15-34(70(56,57)58)12-23(40(26)46)5-22-11-32(68(50,51)52)3-4-38(22)44/h3-4,10-20,44-49H,2,5-9H2,1H3,(H,50,51,52)(H,53,54,55)(H,56,57,58)(H,59,60,61)(H,62,63,64)(H,65,66,67). The monoisotopic (exact) mass is 1130 g/mol. The van der Waals surface area contributed by atoms with Gasteiger partial charge >= 0.3 is 0 Å². The van der Waals surface area contributed by atoms with E-state index in [1.165, 1.54) is 6.92 Å². The third kappa shape index (κ3) is 12.7. The molecule has 0 radical (unpaired) electrons. The van der Waals surface area contributed by atoms with E-state index in [0.29, 0.717) is 42.5 Å². The number of benzene rings is 6. The van der Waals surface area contributed by atoms with Crippen LogP contribution in [0.5, 0.6) is 34.5 Å². The summed E-state index contributed by atoms with van der Waals surface area (Å²) in [6, 6.07) is 9.62. The fourth-order valence-electron chi connectivity index (χ4n) is 7.76. The van der Waals surface area contributed by atoms with E-state index in [0.717, 1.165) is 36.4 Å². The van der Waals surface area contributed by atoms with Crippen LogP contribution in [0.25, 0.3) is 0 Å². The zero-order valence-electron chi connectivity index (χ0n) is 37.0. The predicted octanol–water partition coefficient (Wildman–Crippen LogP) is 3.92. The van der Waals surface area contributed by atoms with Crippen molar-refractivity contribution in [2.75, 3.05) is 0 Å². The summed E-state index contributed by atoms with van der Waals surface area (Å²) < 4.78 is 208. The van der Waals surface area contributed by atoms with Crippen LogP contribution in [0, 0.1) is 0 Å². The third-order valence-electron chi connectivity index (χ3n) is 11.3. The number of hydrogen-bond acceptors (Lipinski definition) is 18. The summed E-state index contributed by atoms with van der Waals surface area (Å²) in [5, 5.41) is 67.5. The summed E-state index contributed by atoms with van der Waals surface area (Å²) in [7, 11) is -30.7. The highest BCUT2D eigenvalue weighted by atomic mass is 32.2. The summed E-state index contributed by atoms with van der Waals surface area (Å²) in [6.45, 7) is 1.52. The van der Waals surface area contributed by atoms with Gasteiger partial charge in [-0.05, 0) is 96.4 Å². The van der Waals surface area contributed by atoms with E-state index in [-0.39, 0.29) is 23.1 Å². The van der Waals surface area contributed by atoms with Gasteiger partial charge in [0.15, 0.2) is 0 Å². The van der Waals surface area contributed by atoms with Gasteiger partial charge in [-0.2, -0.15) is 50.5 Å². The van der Waals surface area contributed by atoms with E-state index in [4.69, 9.17) is 0 Å². The number of aromatic hydroxyl groups is 6. The first-order valence-corrected chi connectivity index (χ1v) is 28.9. The Morgan fingerprint density at radius 2 is 0.452 bits per heavy atom. The van der Waals surface area contributed by atoms with Crippen LogP contribution in [-0.2, 0) is 99.2 Å².